The third kappa shape index (κ3) is 4.86. The number of alkyl halides is 1. The zero-order valence-corrected chi connectivity index (χ0v) is 15.0. The molecule has 0 aliphatic rings. The Kier molecular flexibility index (Phi) is 6.68. The molecule has 1 N–H and O–H groups in total. The minimum absolute atomic E-state index is 0.109. The van der Waals surface area contributed by atoms with Crippen LogP contribution in [0, 0.1) is 12.8 Å². The average Bonchev–Trinajstić information content (AvgIpc) is 2.70. The zero-order chi connectivity index (χ0) is 15.3. The first-order valence-electron chi connectivity index (χ1n) is 6.92. The minimum Gasteiger partial charge on any atom is -0.334 e. The third-order valence-electron chi connectivity index (χ3n) is 2.96. The van der Waals surface area contributed by atoms with Crippen molar-refractivity contribution in [2.75, 3.05) is 5.33 Å². The predicted octanol–water partition coefficient (Wildman–Crippen LogP) is 2.69. The van der Waals surface area contributed by atoms with Crippen LogP contribution in [0.3, 0.4) is 0 Å². The normalized spacial score (nSPS) is 13.9. The molecule has 7 heteroatoms. The Morgan fingerprint density at radius 3 is 2.60 bits per heavy atom. The van der Waals surface area contributed by atoms with Gasteiger partial charge in [-0.05, 0) is 25.7 Å². The van der Waals surface area contributed by atoms with Crippen LogP contribution in [0.4, 0.5) is 0 Å². The van der Waals surface area contributed by atoms with Crippen molar-refractivity contribution >= 4 is 26.0 Å². The van der Waals surface area contributed by atoms with Gasteiger partial charge in [0.15, 0.2) is 5.03 Å². The van der Waals surface area contributed by atoms with Gasteiger partial charge in [-0.25, -0.2) is 18.1 Å². The Labute approximate surface area is 130 Å². The number of aryl methyl sites for hydroxylation is 2. The summed E-state index contributed by atoms with van der Waals surface area (Å²) in [5, 5.41) is 0.706. The summed E-state index contributed by atoms with van der Waals surface area (Å²) < 4.78 is 29.3. The lowest BCUT2D eigenvalue weighted by Crippen LogP contribution is -2.37. The van der Waals surface area contributed by atoms with Crippen LogP contribution in [-0.2, 0) is 16.6 Å². The molecule has 0 aliphatic carbocycles. The van der Waals surface area contributed by atoms with Gasteiger partial charge in [-0.2, -0.15) is 0 Å². The highest BCUT2D eigenvalue weighted by Gasteiger charge is 2.23. The number of nitrogens with one attached hydrogen (secondary N) is 1. The molecule has 0 spiro atoms. The molecular weight excluding hydrogens is 342 g/mol. The molecule has 0 radical (unpaired) electrons. The van der Waals surface area contributed by atoms with Crippen molar-refractivity contribution in [3.63, 3.8) is 0 Å². The highest BCUT2D eigenvalue weighted by Crippen LogP contribution is 2.14. The van der Waals surface area contributed by atoms with Crippen LogP contribution in [0.15, 0.2) is 11.2 Å². The minimum atomic E-state index is -3.55. The standard InChI is InChI=1S/C13H24BrN3O2S/c1-5-6-17-9-13(15-11(17)4)20(18,19)16-12(8-14)7-10(2)3/h9-10,12,16H,5-8H2,1-4H3. The summed E-state index contributed by atoms with van der Waals surface area (Å²) in [6.07, 6.45) is 3.35. The fourth-order valence-electron chi connectivity index (χ4n) is 2.07. The van der Waals surface area contributed by atoms with Crippen molar-refractivity contribution in [2.24, 2.45) is 5.92 Å². The van der Waals surface area contributed by atoms with Crippen LogP contribution < -0.4 is 4.72 Å². The first kappa shape index (κ1) is 17.7. The molecule has 0 bridgehead atoms. The van der Waals surface area contributed by atoms with Gasteiger partial charge in [0.1, 0.15) is 5.82 Å². The average molecular weight is 366 g/mol. The van der Waals surface area contributed by atoms with Gasteiger partial charge >= 0.3 is 0 Å². The maximum atomic E-state index is 12.3. The van der Waals surface area contributed by atoms with E-state index in [1.54, 1.807) is 6.20 Å². The molecule has 0 amide bonds. The summed E-state index contributed by atoms with van der Waals surface area (Å²) in [6, 6.07) is -0.114. The molecule has 0 fully saturated rings. The zero-order valence-electron chi connectivity index (χ0n) is 12.6. The largest absolute Gasteiger partial charge is 0.334 e. The van der Waals surface area contributed by atoms with Crippen molar-refractivity contribution in [2.45, 2.75) is 58.1 Å². The van der Waals surface area contributed by atoms with Gasteiger partial charge in [-0.15, -0.1) is 0 Å². The highest BCUT2D eigenvalue weighted by atomic mass is 79.9. The van der Waals surface area contributed by atoms with Crippen LogP contribution >= 0.6 is 15.9 Å². The number of hydrogen-bond donors (Lipinski definition) is 1. The smallest absolute Gasteiger partial charge is 0.259 e. The van der Waals surface area contributed by atoms with E-state index in [-0.39, 0.29) is 11.1 Å². The number of sulfonamides is 1. The van der Waals surface area contributed by atoms with Gasteiger partial charge in [0.2, 0.25) is 0 Å². The molecule has 1 aromatic heterocycles. The second-order valence-corrected chi connectivity index (χ2v) is 7.73. The first-order chi connectivity index (χ1) is 9.30. The third-order valence-corrected chi connectivity index (χ3v) is 5.13. The Bertz CT molecular complexity index is 526. The van der Waals surface area contributed by atoms with Crippen LogP contribution in [0.1, 0.15) is 39.4 Å². The number of rotatable bonds is 8. The van der Waals surface area contributed by atoms with Crippen molar-refractivity contribution in [1.29, 1.82) is 0 Å². The van der Waals surface area contributed by atoms with E-state index in [0.717, 1.165) is 25.2 Å². The molecule has 0 aliphatic heterocycles. The van der Waals surface area contributed by atoms with Crippen LogP contribution in [0.5, 0.6) is 0 Å². The fourth-order valence-corrected chi connectivity index (χ4v) is 3.97. The molecule has 116 valence electrons. The van der Waals surface area contributed by atoms with Gasteiger partial charge in [-0.3, -0.25) is 0 Å². The molecule has 1 rings (SSSR count). The summed E-state index contributed by atoms with van der Waals surface area (Å²) in [5.74, 6) is 1.16. The number of nitrogens with zero attached hydrogens (tertiary/aromatic N) is 2. The molecule has 1 unspecified atom stereocenters. The van der Waals surface area contributed by atoms with Crippen molar-refractivity contribution in [3.05, 3.63) is 12.0 Å². The van der Waals surface area contributed by atoms with Crippen molar-refractivity contribution in [3.8, 4) is 0 Å². The lowest BCUT2D eigenvalue weighted by Gasteiger charge is -2.17. The Morgan fingerprint density at radius 1 is 1.45 bits per heavy atom. The molecular formula is C13H24BrN3O2S. The van der Waals surface area contributed by atoms with E-state index >= 15 is 0 Å². The van der Waals surface area contributed by atoms with Crippen LogP contribution in [-0.4, -0.2) is 29.3 Å². The van der Waals surface area contributed by atoms with Crippen LogP contribution in [0.25, 0.3) is 0 Å². The van der Waals surface area contributed by atoms with E-state index in [4.69, 9.17) is 0 Å². The lowest BCUT2D eigenvalue weighted by atomic mass is 10.1. The van der Waals surface area contributed by atoms with Gasteiger partial charge < -0.3 is 4.57 Å². The van der Waals surface area contributed by atoms with E-state index in [1.807, 2.05) is 11.5 Å². The van der Waals surface area contributed by atoms with E-state index < -0.39 is 10.0 Å². The fraction of sp³-hybridized carbons (Fsp3) is 0.769. The van der Waals surface area contributed by atoms with E-state index in [0.29, 0.717) is 11.2 Å². The molecule has 1 aromatic rings. The van der Waals surface area contributed by atoms with Gasteiger partial charge in [0.05, 0.1) is 0 Å². The summed E-state index contributed by atoms with van der Waals surface area (Å²) in [5.41, 5.74) is 0. The quantitative estimate of drug-likeness (QED) is 0.720. The molecule has 5 nitrogen and oxygen atoms in total. The SMILES string of the molecule is CCCn1cc(S(=O)(=O)NC(CBr)CC(C)C)nc1C. The molecule has 1 heterocycles. The van der Waals surface area contributed by atoms with Gasteiger partial charge in [0.25, 0.3) is 10.0 Å². The van der Waals surface area contributed by atoms with Crippen molar-refractivity contribution in [1.82, 2.24) is 14.3 Å². The van der Waals surface area contributed by atoms with Crippen molar-refractivity contribution < 1.29 is 8.42 Å². The number of imidazole rings is 1. The van der Waals surface area contributed by atoms with E-state index in [9.17, 15) is 8.42 Å². The van der Waals surface area contributed by atoms with Gasteiger partial charge in [0, 0.05) is 24.1 Å². The van der Waals surface area contributed by atoms with E-state index in [1.165, 1.54) is 0 Å². The molecule has 20 heavy (non-hydrogen) atoms. The number of hydrogen-bond acceptors (Lipinski definition) is 3. The summed E-state index contributed by atoms with van der Waals surface area (Å²) in [4.78, 5) is 4.16. The molecule has 0 aromatic carbocycles. The maximum absolute atomic E-state index is 12.3. The monoisotopic (exact) mass is 365 g/mol. The Balaban J connectivity index is 2.90. The topological polar surface area (TPSA) is 64.0 Å². The van der Waals surface area contributed by atoms with Crippen LogP contribution in [0.2, 0.25) is 0 Å². The lowest BCUT2D eigenvalue weighted by molar-refractivity contribution is 0.487. The predicted molar refractivity (Wildman–Crippen MR) is 84.6 cm³/mol. The number of halogens is 1. The first-order valence-corrected chi connectivity index (χ1v) is 9.52. The summed E-state index contributed by atoms with van der Waals surface area (Å²) in [7, 11) is -3.55. The second-order valence-electron chi connectivity index (χ2n) is 5.42. The maximum Gasteiger partial charge on any atom is 0.259 e. The van der Waals surface area contributed by atoms with E-state index in [2.05, 4.69) is 46.4 Å². The molecule has 1 atom stereocenters. The second kappa shape index (κ2) is 7.56. The summed E-state index contributed by atoms with van der Waals surface area (Å²) >= 11 is 3.36. The Morgan fingerprint density at radius 2 is 2.10 bits per heavy atom. The number of aromatic nitrogens is 2. The van der Waals surface area contributed by atoms with Gasteiger partial charge in [-0.1, -0.05) is 36.7 Å². The Hall–Kier alpha value is -0.400. The summed E-state index contributed by atoms with van der Waals surface area (Å²) in [6.45, 7) is 8.80. The highest BCUT2D eigenvalue weighted by molar-refractivity contribution is 9.09. The molecule has 0 saturated carbocycles. The molecule has 0 saturated heterocycles.